The lowest BCUT2D eigenvalue weighted by Crippen LogP contribution is -2.42. The smallest absolute Gasteiger partial charge is 0.255 e. The highest BCUT2D eigenvalue weighted by Crippen LogP contribution is 2.12. The molecule has 2 rings (SSSR count). The van der Waals surface area contributed by atoms with Gasteiger partial charge in [-0.2, -0.15) is 0 Å². The van der Waals surface area contributed by atoms with Crippen LogP contribution in [0.5, 0.6) is 0 Å². The maximum Gasteiger partial charge on any atom is 0.255 e. The van der Waals surface area contributed by atoms with Gasteiger partial charge in [-0.25, -0.2) is 0 Å². The number of carbonyl (C=O) groups excluding carboxylic acids is 1. The van der Waals surface area contributed by atoms with Gasteiger partial charge in [0.1, 0.15) is 0 Å². The van der Waals surface area contributed by atoms with Crippen LogP contribution in [0.4, 0.5) is 0 Å². The predicted molar refractivity (Wildman–Crippen MR) is 49.5 cm³/mol. The van der Waals surface area contributed by atoms with Crippen molar-refractivity contribution in [2.75, 3.05) is 13.1 Å². The monoisotopic (exact) mass is 176 g/mol. The third-order valence-electron chi connectivity index (χ3n) is 2.27. The maximum atomic E-state index is 11.7. The summed E-state index contributed by atoms with van der Waals surface area (Å²) in [4.78, 5) is 17.5. The molecule has 0 N–H and O–H groups in total. The second-order valence-corrected chi connectivity index (χ2v) is 3.40. The lowest BCUT2D eigenvalue weighted by molar-refractivity contribution is 0.0651. The van der Waals surface area contributed by atoms with Crippen molar-refractivity contribution in [1.29, 1.82) is 0 Å². The molecule has 3 nitrogen and oxygen atoms in total. The number of aryl methyl sites for hydroxylation is 1. The van der Waals surface area contributed by atoms with Gasteiger partial charge in [0, 0.05) is 25.5 Å². The molecular weight excluding hydrogens is 164 g/mol. The molecule has 0 radical (unpaired) electrons. The first-order valence-corrected chi connectivity index (χ1v) is 4.48. The van der Waals surface area contributed by atoms with E-state index in [0.717, 1.165) is 25.1 Å². The zero-order chi connectivity index (χ0) is 9.26. The van der Waals surface area contributed by atoms with Crippen molar-refractivity contribution in [3.8, 4) is 0 Å². The Bertz CT molecular complexity index is 331. The van der Waals surface area contributed by atoms with Crippen LogP contribution in [0, 0.1) is 6.92 Å². The fourth-order valence-electron chi connectivity index (χ4n) is 1.37. The van der Waals surface area contributed by atoms with E-state index in [4.69, 9.17) is 0 Å². The fraction of sp³-hybridized carbons (Fsp3) is 0.400. The minimum atomic E-state index is 0.113. The number of hydrogen-bond acceptors (Lipinski definition) is 2. The van der Waals surface area contributed by atoms with E-state index in [1.807, 2.05) is 17.9 Å². The summed E-state index contributed by atoms with van der Waals surface area (Å²) < 4.78 is 0. The molecule has 1 amide bonds. The van der Waals surface area contributed by atoms with Crippen LogP contribution < -0.4 is 0 Å². The first kappa shape index (κ1) is 8.23. The molecule has 1 aromatic heterocycles. The van der Waals surface area contributed by atoms with Crippen LogP contribution in [-0.4, -0.2) is 28.9 Å². The van der Waals surface area contributed by atoms with Crippen LogP contribution in [0.3, 0.4) is 0 Å². The minimum absolute atomic E-state index is 0.113. The molecule has 13 heavy (non-hydrogen) atoms. The molecule has 0 saturated carbocycles. The average molecular weight is 176 g/mol. The van der Waals surface area contributed by atoms with E-state index >= 15 is 0 Å². The van der Waals surface area contributed by atoms with Crippen LogP contribution in [0.1, 0.15) is 22.3 Å². The minimum Gasteiger partial charge on any atom is -0.338 e. The Hall–Kier alpha value is -1.38. The van der Waals surface area contributed by atoms with Crippen molar-refractivity contribution < 1.29 is 4.79 Å². The van der Waals surface area contributed by atoms with E-state index < -0.39 is 0 Å². The number of carbonyl (C=O) groups is 1. The summed E-state index contributed by atoms with van der Waals surface area (Å²) >= 11 is 0. The Kier molecular flexibility index (Phi) is 2.00. The summed E-state index contributed by atoms with van der Waals surface area (Å²) in [7, 11) is 0. The van der Waals surface area contributed by atoms with Crippen LogP contribution >= 0.6 is 0 Å². The highest BCUT2D eigenvalue weighted by molar-refractivity contribution is 5.94. The molecule has 0 aromatic carbocycles. The van der Waals surface area contributed by atoms with Gasteiger partial charge in [-0.15, -0.1) is 0 Å². The fourth-order valence-corrected chi connectivity index (χ4v) is 1.37. The molecule has 0 spiro atoms. The van der Waals surface area contributed by atoms with E-state index in [9.17, 15) is 4.79 Å². The van der Waals surface area contributed by atoms with E-state index in [1.165, 1.54) is 0 Å². The zero-order valence-electron chi connectivity index (χ0n) is 7.66. The Morgan fingerprint density at radius 2 is 2.23 bits per heavy atom. The number of nitrogens with zero attached hydrogens (tertiary/aromatic N) is 2. The number of amides is 1. The van der Waals surface area contributed by atoms with Crippen molar-refractivity contribution in [3.05, 3.63) is 29.6 Å². The van der Waals surface area contributed by atoms with Gasteiger partial charge in [0.2, 0.25) is 0 Å². The SMILES string of the molecule is Cc1cncc(C(=O)N2CCC2)c1. The average Bonchev–Trinajstić information content (AvgIpc) is 2.01. The van der Waals surface area contributed by atoms with Crippen LogP contribution in [0.25, 0.3) is 0 Å². The molecule has 0 atom stereocenters. The van der Waals surface area contributed by atoms with Gasteiger partial charge in [0.25, 0.3) is 5.91 Å². The van der Waals surface area contributed by atoms with Gasteiger partial charge in [-0.3, -0.25) is 9.78 Å². The molecule has 0 bridgehead atoms. The van der Waals surface area contributed by atoms with Crippen molar-refractivity contribution >= 4 is 5.91 Å². The molecule has 0 aliphatic carbocycles. The molecule has 1 aromatic rings. The van der Waals surface area contributed by atoms with Gasteiger partial charge in [-0.05, 0) is 25.0 Å². The molecule has 3 heteroatoms. The highest BCUT2D eigenvalue weighted by Gasteiger charge is 2.21. The largest absolute Gasteiger partial charge is 0.338 e. The number of pyridine rings is 1. The lowest BCUT2D eigenvalue weighted by Gasteiger charge is -2.30. The molecule has 1 aliphatic rings. The topological polar surface area (TPSA) is 33.2 Å². The quantitative estimate of drug-likeness (QED) is 0.645. The number of hydrogen-bond donors (Lipinski definition) is 0. The van der Waals surface area contributed by atoms with Crippen LogP contribution in [-0.2, 0) is 0 Å². The molecule has 1 saturated heterocycles. The van der Waals surface area contributed by atoms with Crippen LogP contribution in [0.15, 0.2) is 18.5 Å². The van der Waals surface area contributed by atoms with Gasteiger partial charge >= 0.3 is 0 Å². The summed E-state index contributed by atoms with van der Waals surface area (Å²) in [5, 5.41) is 0. The van der Waals surface area contributed by atoms with Gasteiger partial charge < -0.3 is 4.90 Å². The second-order valence-electron chi connectivity index (χ2n) is 3.40. The Morgan fingerprint density at radius 3 is 2.77 bits per heavy atom. The summed E-state index contributed by atoms with van der Waals surface area (Å²) in [6.45, 7) is 3.74. The normalized spacial score (nSPS) is 15.3. The number of rotatable bonds is 1. The third-order valence-corrected chi connectivity index (χ3v) is 2.27. The molecule has 2 heterocycles. The van der Waals surface area contributed by atoms with E-state index in [2.05, 4.69) is 4.98 Å². The van der Waals surface area contributed by atoms with Crippen molar-refractivity contribution in [3.63, 3.8) is 0 Å². The highest BCUT2D eigenvalue weighted by atomic mass is 16.2. The lowest BCUT2D eigenvalue weighted by atomic mass is 10.1. The molecular formula is C10H12N2O. The van der Waals surface area contributed by atoms with Crippen LogP contribution in [0.2, 0.25) is 0 Å². The Morgan fingerprint density at radius 1 is 1.46 bits per heavy atom. The zero-order valence-corrected chi connectivity index (χ0v) is 7.66. The first-order chi connectivity index (χ1) is 6.27. The number of likely N-dealkylation sites (tertiary alicyclic amines) is 1. The second kappa shape index (κ2) is 3.17. The Labute approximate surface area is 77.4 Å². The summed E-state index contributed by atoms with van der Waals surface area (Å²) in [6.07, 6.45) is 4.52. The maximum absolute atomic E-state index is 11.7. The van der Waals surface area contributed by atoms with E-state index in [1.54, 1.807) is 12.4 Å². The van der Waals surface area contributed by atoms with Gasteiger partial charge in [-0.1, -0.05) is 0 Å². The standard InChI is InChI=1S/C10H12N2O/c1-8-5-9(7-11-6-8)10(13)12-3-2-4-12/h5-7H,2-4H2,1H3. The van der Waals surface area contributed by atoms with Crippen molar-refractivity contribution in [1.82, 2.24) is 9.88 Å². The summed E-state index contributed by atoms with van der Waals surface area (Å²) in [6, 6.07) is 1.88. The Balaban J connectivity index is 2.19. The molecule has 1 fully saturated rings. The third kappa shape index (κ3) is 1.54. The van der Waals surface area contributed by atoms with Crippen molar-refractivity contribution in [2.45, 2.75) is 13.3 Å². The molecule has 0 unspecified atom stereocenters. The number of aromatic nitrogens is 1. The summed E-state index contributed by atoms with van der Waals surface area (Å²) in [5.41, 5.74) is 1.74. The van der Waals surface area contributed by atoms with E-state index in [0.29, 0.717) is 5.56 Å². The van der Waals surface area contributed by atoms with Gasteiger partial charge in [0.05, 0.1) is 5.56 Å². The summed E-state index contributed by atoms with van der Waals surface area (Å²) in [5.74, 6) is 0.113. The predicted octanol–water partition coefficient (Wildman–Crippen LogP) is 1.24. The molecule has 68 valence electrons. The van der Waals surface area contributed by atoms with E-state index in [-0.39, 0.29) is 5.91 Å². The first-order valence-electron chi connectivity index (χ1n) is 4.48. The van der Waals surface area contributed by atoms with Crippen molar-refractivity contribution in [2.24, 2.45) is 0 Å². The molecule has 1 aliphatic heterocycles. The van der Waals surface area contributed by atoms with Gasteiger partial charge in [0.15, 0.2) is 0 Å².